The van der Waals surface area contributed by atoms with Crippen LogP contribution in [0.15, 0.2) is 53.5 Å². The summed E-state index contributed by atoms with van der Waals surface area (Å²) >= 11 is 0. The van der Waals surface area contributed by atoms with Crippen LogP contribution in [-0.4, -0.2) is 65.4 Å². The highest BCUT2D eigenvalue weighted by molar-refractivity contribution is 5.98. The number of ketones is 1. The van der Waals surface area contributed by atoms with Gasteiger partial charge >= 0.3 is 0 Å². The molecule has 2 aliphatic rings. The standard InChI is InChI=1S/C29H33FN4O2/c1-31-19-20-4-5-23-18-27(32-26(23)17-20)29(36)34-13-2-3-25(34)12-16-33-14-10-22(11-15-33)28(35)21-6-8-24(30)9-7-21/h4-9,17-18,22,25,32H,1-3,10-16,19H2/t25-/m0/s1. The normalized spacial score (nSPS) is 19.1. The third-order valence-electron chi connectivity index (χ3n) is 7.72. The Kier molecular flexibility index (Phi) is 7.28. The number of aromatic amines is 1. The van der Waals surface area contributed by atoms with Gasteiger partial charge in [0.2, 0.25) is 0 Å². The summed E-state index contributed by atoms with van der Waals surface area (Å²) in [6, 6.07) is 14.1. The second kappa shape index (κ2) is 10.7. The van der Waals surface area contributed by atoms with Crippen LogP contribution < -0.4 is 0 Å². The number of Topliss-reactive ketones (excluding diaryl/α,β-unsaturated/α-hetero) is 1. The van der Waals surface area contributed by atoms with Crippen molar-refractivity contribution in [2.24, 2.45) is 10.9 Å². The Bertz CT molecular complexity index is 1240. The van der Waals surface area contributed by atoms with E-state index in [1.54, 1.807) is 12.1 Å². The molecule has 0 aliphatic carbocycles. The van der Waals surface area contributed by atoms with E-state index in [-0.39, 0.29) is 29.5 Å². The van der Waals surface area contributed by atoms with Crippen molar-refractivity contribution in [1.82, 2.24) is 14.8 Å². The van der Waals surface area contributed by atoms with E-state index >= 15 is 0 Å². The SMILES string of the molecule is C=NCc1ccc2cc(C(=O)N3CCC[C@H]3CCN3CCC(C(=O)c4ccc(F)cc4)CC3)[nH]c2c1. The third kappa shape index (κ3) is 5.26. The molecule has 0 spiro atoms. The van der Waals surface area contributed by atoms with Gasteiger partial charge in [0.1, 0.15) is 11.5 Å². The van der Waals surface area contributed by atoms with Crippen LogP contribution in [0.5, 0.6) is 0 Å². The molecule has 1 atom stereocenters. The minimum absolute atomic E-state index is 0.000977. The van der Waals surface area contributed by atoms with Crippen LogP contribution in [0.3, 0.4) is 0 Å². The molecule has 2 saturated heterocycles. The summed E-state index contributed by atoms with van der Waals surface area (Å²) in [5, 5.41) is 1.03. The third-order valence-corrected chi connectivity index (χ3v) is 7.72. The fourth-order valence-electron chi connectivity index (χ4n) is 5.68. The monoisotopic (exact) mass is 488 g/mol. The minimum Gasteiger partial charge on any atom is -0.351 e. The number of amides is 1. The molecule has 2 aliphatic heterocycles. The molecular formula is C29H33FN4O2. The van der Waals surface area contributed by atoms with Gasteiger partial charge in [-0.1, -0.05) is 12.1 Å². The second-order valence-electron chi connectivity index (χ2n) is 10.1. The number of hydrogen-bond acceptors (Lipinski definition) is 4. The van der Waals surface area contributed by atoms with Crippen LogP contribution in [0.1, 0.15) is 58.5 Å². The maximum Gasteiger partial charge on any atom is 0.270 e. The van der Waals surface area contributed by atoms with Crippen molar-refractivity contribution in [3.8, 4) is 0 Å². The van der Waals surface area contributed by atoms with E-state index in [1.165, 1.54) is 12.1 Å². The summed E-state index contributed by atoms with van der Waals surface area (Å²) in [7, 11) is 0. The largest absolute Gasteiger partial charge is 0.351 e. The van der Waals surface area contributed by atoms with E-state index in [2.05, 4.69) is 21.6 Å². The molecule has 1 amide bonds. The van der Waals surface area contributed by atoms with Gasteiger partial charge in [0, 0.05) is 41.5 Å². The van der Waals surface area contributed by atoms with Gasteiger partial charge in [-0.15, -0.1) is 0 Å². The lowest BCUT2D eigenvalue weighted by atomic mass is 9.88. The quantitative estimate of drug-likeness (QED) is 0.354. The summed E-state index contributed by atoms with van der Waals surface area (Å²) in [4.78, 5) is 37.8. The molecule has 36 heavy (non-hydrogen) atoms. The molecule has 2 fully saturated rings. The molecule has 188 valence electrons. The lowest BCUT2D eigenvalue weighted by Crippen LogP contribution is -2.41. The van der Waals surface area contributed by atoms with E-state index in [9.17, 15) is 14.0 Å². The number of aliphatic imine (C=N–C) groups is 1. The van der Waals surface area contributed by atoms with Crippen LogP contribution in [0.2, 0.25) is 0 Å². The zero-order chi connectivity index (χ0) is 25.1. The smallest absolute Gasteiger partial charge is 0.270 e. The number of carbonyl (C=O) groups is 2. The van der Waals surface area contributed by atoms with E-state index < -0.39 is 0 Å². The van der Waals surface area contributed by atoms with Crippen molar-refractivity contribution in [2.45, 2.75) is 44.7 Å². The first-order chi connectivity index (χ1) is 17.5. The van der Waals surface area contributed by atoms with Crippen molar-refractivity contribution in [3.63, 3.8) is 0 Å². The molecule has 3 heterocycles. The summed E-state index contributed by atoms with van der Waals surface area (Å²) < 4.78 is 13.2. The molecule has 7 heteroatoms. The number of halogens is 1. The summed E-state index contributed by atoms with van der Waals surface area (Å²) in [6.45, 7) is 7.59. The molecule has 1 N–H and O–H groups in total. The molecule has 0 saturated carbocycles. The molecule has 1 aromatic heterocycles. The predicted octanol–water partition coefficient (Wildman–Crippen LogP) is 5.10. The Balaban J connectivity index is 1.14. The van der Waals surface area contributed by atoms with Gasteiger partial charge in [0.15, 0.2) is 5.78 Å². The molecule has 5 rings (SSSR count). The number of piperidine rings is 1. The van der Waals surface area contributed by atoms with Gasteiger partial charge in [-0.05, 0) is 93.9 Å². The number of rotatable bonds is 8. The zero-order valence-corrected chi connectivity index (χ0v) is 20.6. The van der Waals surface area contributed by atoms with Gasteiger partial charge in [0.05, 0.1) is 6.54 Å². The fourth-order valence-corrected chi connectivity index (χ4v) is 5.68. The molecule has 2 aromatic carbocycles. The summed E-state index contributed by atoms with van der Waals surface area (Å²) in [5.41, 5.74) is 3.26. The maximum absolute atomic E-state index is 13.4. The first kappa shape index (κ1) is 24.4. The predicted molar refractivity (Wildman–Crippen MR) is 140 cm³/mol. The van der Waals surface area contributed by atoms with E-state index in [1.807, 2.05) is 29.2 Å². The molecule has 0 radical (unpaired) electrons. The number of hydrogen-bond donors (Lipinski definition) is 1. The maximum atomic E-state index is 13.4. The highest BCUT2D eigenvalue weighted by Gasteiger charge is 2.31. The molecule has 0 unspecified atom stereocenters. The number of carbonyl (C=O) groups excluding carboxylic acids is 2. The zero-order valence-electron chi connectivity index (χ0n) is 20.6. The fraction of sp³-hybridized carbons (Fsp3) is 0.414. The average Bonchev–Trinajstić information content (AvgIpc) is 3.54. The van der Waals surface area contributed by atoms with Crippen LogP contribution in [0.25, 0.3) is 10.9 Å². The number of nitrogens with one attached hydrogen (secondary N) is 1. The summed E-state index contributed by atoms with van der Waals surface area (Å²) in [6.07, 6.45) is 4.64. The van der Waals surface area contributed by atoms with Crippen molar-refractivity contribution in [2.75, 3.05) is 26.2 Å². The Morgan fingerprint density at radius 1 is 1.03 bits per heavy atom. The summed E-state index contributed by atoms with van der Waals surface area (Å²) in [5.74, 6) is -0.129. The highest BCUT2D eigenvalue weighted by Crippen LogP contribution is 2.27. The number of aromatic nitrogens is 1. The number of benzene rings is 2. The first-order valence-corrected chi connectivity index (χ1v) is 12.9. The Morgan fingerprint density at radius 3 is 2.56 bits per heavy atom. The number of likely N-dealkylation sites (tertiary alicyclic amines) is 2. The molecule has 3 aromatic rings. The van der Waals surface area contributed by atoms with E-state index in [0.29, 0.717) is 17.8 Å². The van der Waals surface area contributed by atoms with E-state index in [0.717, 1.165) is 74.7 Å². The minimum atomic E-state index is -0.319. The van der Waals surface area contributed by atoms with Gasteiger partial charge in [-0.25, -0.2) is 4.39 Å². The second-order valence-corrected chi connectivity index (χ2v) is 10.1. The Hall–Kier alpha value is -3.32. The molecule has 6 nitrogen and oxygen atoms in total. The lowest BCUT2D eigenvalue weighted by Gasteiger charge is -2.33. The van der Waals surface area contributed by atoms with Crippen molar-refractivity contribution in [1.29, 1.82) is 0 Å². The first-order valence-electron chi connectivity index (χ1n) is 12.9. The van der Waals surface area contributed by atoms with Crippen molar-refractivity contribution < 1.29 is 14.0 Å². The topological polar surface area (TPSA) is 68.8 Å². The number of nitrogens with zero attached hydrogens (tertiary/aromatic N) is 3. The van der Waals surface area contributed by atoms with Crippen LogP contribution in [-0.2, 0) is 6.54 Å². The van der Waals surface area contributed by atoms with Gasteiger partial charge in [-0.2, -0.15) is 0 Å². The molecular weight excluding hydrogens is 455 g/mol. The highest BCUT2D eigenvalue weighted by atomic mass is 19.1. The number of fused-ring (bicyclic) bond motifs is 1. The Labute approximate surface area is 211 Å². The number of H-pyrrole nitrogens is 1. The lowest BCUT2D eigenvalue weighted by molar-refractivity contribution is 0.0700. The van der Waals surface area contributed by atoms with Crippen molar-refractivity contribution in [3.05, 3.63) is 71.2 Å². The van der Waals surface area contributed by atoms with Crippen LogP contribution in [0.4, 0.5) is 4.39 Å². The van der Waals surface area contributed by atoms with Gasteiger partial charge in [0.25, 0.3) is 5.91 Å². The van der Waals surface area contributed by atoms with E-state index in [4.69, 9.17) is 0 Å². The van der Waals surface area contributed by atoms with Crippen LogP contribution in [0, 0.1) is 11.7 Å². The Morgan fingerprint density at radius 2 is 1.81 bits per heavy atom. The van der Waals surface area contributed by atoms with Gasteiger partial charge in [-0.3, -0.25) is 14.6 Å². The van der Waals surface area contributed by atoms with Crippen molar-refractivity contribution >= 4 is 29.3 Å². The van der Waals surface area contributed by atoms with Crippen LogP contribution >= 0.6 is 0 Å². The molecule has 0 bridgehead atoms. The van der Waals surface area contributed by atoms with Gasteiger partial charge < -0.3 is 14.8 Å². The average molecular weight is 489 g/mol.